The summed E-state index contributed by atoms with van der Waals surface area (Å²) in [7, 11) is 0. The average molecular weight is 546 g/mol. The minimum Gasteiger partial charge on any atom is -0.356 e. The van der Waals surface area contributed by atoms with Crippen molar-refractivity contribution in [2.24, 2.45) is 0 Å². The maximum Gasteiger partial charge on any atom is 0.254 e. The van der Waals surface area contributed by atoms with Crippen molar-refractivity contribution in [3.05, 3.63) is 105 Å². The predicted octanol–water partition coefficient (Wildman–Crippen LogP) is 5.34. The van der Waals surface area contributed by atoms with Gasteiger partial charge in [0.15, 0.2) is 5.54 Å². The molecule has 36 heavy (non-hydrogen) atoms. The number of fused-ring (bicyclic) bond motifs is 5. The van der Waals surface area contributed by atoms with E-state index in [0.29, 0.717) is 19.5 Å². The topological polar surface area (TPSA) is 56.4 Å². The van der Waals surface area contributed by atoms with Crippen molar-refractivity contribution in [2.75, 3.05) is 19.6 Å². The van der Waals surface area contributed by atoms with Gasteiger partial charge in [-0.2, -0.15) is 0 Å². The fourth-order valence-corrected chi connectivity index (χ4v) is 6.07. The van der Waals surface area contributed by atoms with Gasteiger partial charge in [-0.05, 0) is 60.4 Å². The van der Waals surface area contributed by atoms with E-state index in [1.165, 1.54) is 12.1 Å². The molecule has 6 rings (SSSR count). The van der Waals surface area contributed by atoms with Crippen molar-refractivity contribution in [2.45, 2.75) is 24.8 Å². The second-order valence-electron chi connectivity index (χ2n) is 9.75. The summed E-state index contributed by atoms with van der Waals surface area (Å²) < 4.78 is 14.7. The molecule has 1 unspecified atom stereocenters. The largest absolute Gasteiger partial charge is 0.356 e. The highest BCUT2D eigenvalue weighted by molar-refractivity contribution is 9.10. The molecule has 4 aromatic rings. The number of hydrogen-bond donors (Lipinski definition) is 1. The number of halogens is 2. The summed E-state index contributed by atoms with van der Waals surface area (Å²) >= 11 is 3.52. The quantitative estimate of drug-likeness (QED) is 0.376. The van der Waals surface area contributed by atoms with E-state index in [1.807, 2.05) is 43.3 Å². The highest BCUT2D eigenvalue weighted by atomic mass is 79.9. The van der Waals surface area contributed by atoms with Crippen LogP contribution in [0.4, 0.5) is 4.39 Å². The summed E-state index contributed by atoms with van der Waals surface area (Å²) in [6, 6.07) is 22.6. The number of aromatic nitrogens is 1. The van der Waals surface area contributed by atoms with E-state index >= 15 is 0 Å². The summed E-state index contributed by atoms with van der Waals surface area (Å²) in [4.78, 5) is 34.5. The fourth-order valence-electron chi connectivity index (χ4n) is 5.81. The first-order valence-electron chi connectivity index (χ1n) is 12.1. The molecule has 0 radical (unpaired) electrons. The van der Waals surface area contributed by atoms with Crippen molar-refractivity contribution >= 4 is 38.6 Å². The monoisotopic (exact) mass is 545 g/mol. The van der Waals surface area contributed by atoms with Gasteiger partial charge in [0.2, 0.25) is 5.91 Å². The molecule has 3 aromatic carbocycles. The molecule has 0 saturated carbocycles. The van der Waals surface area contributed by atoms with E-state index in [0.717, 1.165) is 37.8 Å². The van der Waals surface area contributed by atoms with Gasteiger partial charge in [0.25, 0.3) is 5.91 Å². The van der Waals surface area contributed by atoms with E-state index in [-0.39, 0.29) is 30.1 Å². The highest BCUT2D eigenvalue weighted by Gasteiger charge is 2.56. The average Bonchev–Trinajstić information content (AvgIpc) is 3.27. The van der Waals surface area contributed by atoms with Crippen LogP contribution in [-0.2, 0) is 21.5 Å². The summed E-state index contributed by atoms with van der Waals surface area (Å²) in [6.45, 7) is 2.65. The van der Waals surface area contributed by atoms with Gasteiger partial charge in [-0.3, -0.25) is 9.59 Å². The van der Waals surface area contributed by atoms with Crippen LogP contribution in [0, 0.1) is 5.82 Å². The molecule has 0 aliphatic carbocycles. The number of piperazine rings is 1. The maximum absolute atomic E-state index is 14.1. The van der Waals surface area contributed by atoms with Gasteiger partial charge in [-0.15, -0.1) is 0 Å². The Labute approximate surface area is 217 Å². The second-order valence-corrected chi connectivity index (χ2v) is 10.7. The Balaban J connectivity index is 1.43. The summed E-state index contributed by atoms with van der Waals surface area (Å²) in [5, 5.41) is 1.07. The van der Waals surface area contributed by atoms with E-state index < -0.39 is 5.54 Å². The standard InChI is InChI=1S/C29H25BrFN3O2/c1-29-27-26(22-7-2-3-8-24(22)32-27)23(19-9-11-20(30)12-10-19)16-34(29)25(35)17-33(28(29)36)14-13-18-5-4-6-21(31)15-18/h2-12,15,23,32H,13-14,16-17H2,1H3/t23?,29-/m0/s1. The van der Waals surface area contributed by atoms with Crippen LogP contribution in [0.1, 0.15) is 35.2 Å². The molecule has 1 N–H and O–H groups in total. The van der Waals surface area contributed by atoms with Crippen molar-refractivity contribution in [3.8, 4) is 0 Å². The summed E-state index contributed by atoms with van der Waals surface area (Å²) in [5.74, 6) is -0.558. The van der Waals surface area contributed by atoms with Crippen LogP contribution in [0.15, 0.2) is 77.3 Å². The zero-order valence-corrected chi connectivity index (χ0v) is 21.4. The Morgan fingerprint density at radius 2 is 1.83 bits per heavy atom. The predicted molar refractivity (Wildman–Crippen MR) is 140 cm³/mol. The number of rotatable bonds is 4. The lowest BCUT2D eigenvalue weighted by atomic mass is 9.76. The minimum absolute atomic E-state index is 0.0202. The summed E-state index contributed by atoms with van der Waals surface area (Å²) in [5.41, 5.74) is 3.55. The van der Waals surface area contributed by atoms with Gasteiger partial charge in [0.05, 0.1) is 12.2 Å². The molecule has 182 valence electrons. The Morgan fingerprint density at radius 3 is 2.61 bits per heavy atom. The van der Waals surface area contributed by atoms with Crippen LogP contribution in [-0.4, -0.2) is 46.2 Å². The molecule has 2 amide bonds. The number of carbonyl (C=O) groups excluding carboxylic acids is 2. The molecule has 1 aromatic heterocycles. The van der Waals surface area contributed by atoms with Gasteiger partial charge in [0, 0.05) is 34.4 Å². The van der Waals surface area contributed by atoms with E-state index in [2.05, 4.69) is 39.1 Å². The normalized spacial score (nSPS) is 21.6. The van der Waals surface area contributed by atoms with Gasteiger partial charge in [-0.1, -0.05) is 58.4 Å². The Bertz CT molecular complexity index is 1500. The van der Waals surface area contributed by atoms with E-state index in [4.69, 9.17) is 0 Å². The number of H-pyrrole nitrogens is 1. The third kappa shape index (κ3) is 3.56. The van der Waals surface area contributed by atoms with Crippen LogP contribution in [0.3, 0.4) is 0 Å². The number of para-hydroxylation sites is 1. The first kappa shape index (κ1) is 23.0. The molecular formula is C29H25BrFN3O2. The molecular weight excluding hydrogens is 521 g/mol. The lowest BCUT2D eigenvalue weighted by Crippen LogP contribution is -2.67. The van der Waals surface area contributed by atoms with E-state index in [1.54, 1.807) is 15.9 Å². The zero-order chi connectivity index (χ0) is 25.0. The first-order chi connectivity index (χ1) is 17.4. The number of nitrogens with zero attached hydrogens (tertiary/aromatic N) is 2. The third-order valence-electron chi connectivity index (χ3n) is 7.65. The smallest absolute Gasteiger partial charge is 0.254 e. The lowest BCUT2D eigenvalue weighted by Gasteiger charge is -2.51. The molecule has 2 aliphatic rings. The van der Waals surface area contributed by atoms with Crippen molar-refractivity contribution in [1.82, 2.24) is 14.8 Å². The fraction of sp³-hybridized carbons (Fsp3) is 0.241. The molecule has 0 bridgehead atoms. The molecule has 1 saturated heterocycles. The Hall–Kier alpha value is -3.45. The number of nitrogens with one attached hydrogen (secondary N) is 1. The van der Waals surface area contributed by atoms with Gasteiger partial charge < -0.3 is 14.8 Å². The van der Waals surface area contributed by atoms with Crippen molar-refractivity contribution in [1.29, 1.82) is 0 Å². The van der Waals surface area contributed by atoms with Crippen molar-refractivity contribution < 1.29 is 14.0 Å². The number of carbonyl (C=O) groups is 2. The molecule has 0 spiro atoms. The maximum atomic E-state index is 14.1. The molecule has 7 heteroatoms. The SMILES string of the molecule is C[C@]12C(=O)N(CCc3cccc(F)c3)CC(=O)N1CC(c1ccc(Br)cc1)c1c2[nH]c2ccccc12. The van der Waals surface area contributed by atoms with Crippen LogP contribution < -0.4 is 0 Å². The molecule has 5 nitrogen and oxygen atoms in total. The lowest BCUT2D eigenvalue weighted by molar-refractivity contribution is -0.166. The van der Waals surface area contributed by atoms with Gasteiger partial charge in [0.1, 0.15) is 5.82 Å². The van der Waals surface area contributed by atoms with Crippen LogP contribution in [0.2, 0.25) is 0 Å². The Kier molecular flexibility index (Phi) is 5.48. The number of aromatic amines is 1. The first-order valence-corrected chi connectivity index (χ1v) is 12.9. The van der Waals surface area contributed by atoms with Crippen molar-refractivity contribution in [3.63, 3.8) is 0 Å². The minimum atomic E-state index is -1.14. The molecule has 1 fully saturated rings. The number of hydrogen-bond acceptors (Lipinski definition) is 2. The molecule has 2 atom stereocenters. The van der Waals surface area contributed by atoms with Gasteiger partial charge >= 0.3 is 0 Å². The van der Waals surface area contributed by atoms with Gasteiger partial charge in [-0.25, -0.2) is 4.39 Å². The highest BCUT2D eigenvalue weighted by Crippen LogP contribution is 2.48. The Morgan fingerprint density at radius 1 is 1.06 bits per heavy atom. The van der Waals surface area contributed by atoms with Crippen LogP contribution in [0.5, 0.6) is 0 Å². The number of amides is 2. The van der Waals surface area contributed by atoms with Crippen LogP contribution in [0.25, 0.3) is 10.9 Å². The van der Waals surface area contributed by atoms with E-state index in [9.17, 15) is 14.0 Å². The summed E-state index contributed by atoms with van der Waals surface area (Å²) in [6.07, 6.45) is 0.480. The molecule has 3 heterocycles. The number of benzene rings is 3. The zero-order valence-electron chi connectivity index (χ0n) is 19.8. The van der Waals surface area contributed by atoms with Crippen LogP contribution >= 0.6 is 15.9 Å². The third-order valence-corrected chi connectivity index (χ3v) is 8.18. The second kappa shape index (κ2) is 8.59. The molecule has 2 aliphatic heterocycles.